The second kappa shape index (κ2) is 13.6. The fourth-order valence-electron chi connectivity index (χ4n) is 4.18. The molecule has 0 aliphatic heterocycles. The third-order valence-electron chi connectivity index (χ3n) is 6.02. The van der Waals surface area contributed by atoms with Crippen molar-refractivity contribution in [1.29, 1.82) is 0 Å². The molecule has 0 saturated heterocycles. The van der Waals surface area contributed by atoms with E-state index in [4.69, 9.17) is 9.59 Å². The van der Waals surface area contributed by atoms with Gasteiger partial charge < -0.3 is 5.11 Å². The van der Waals surface area contributed by atoms with Gasteiger partial charge in [0.25, 0.3) is 0 Å². The van der Waals surface area contributed by atoms with Crippen LogP contribution in [0.2, 0.25) is 0 Å². The lowest BCUT2D eigenvalue weighted by atomic mass is 10.1. The van der Waals surface area contributed by atoms with Gasteiger partial charge in [-0.15, -0.1) is 34.0 Å². The first kappa shape index (κ1) is 30.6. The number of carboxylic acids is 1. The van der Waals surface area contributed by atoms with Crippen molar-refractivity contribution in [2.24, 2.45) is 0 Å². The van der Waals surface area contributed by atoms with Crippen molar-refractivity contribution in [3.8, 4) is 40.4 Å². The standard InChI is InChI=1S/C29H24O4S5.CO2/c1-17-12-25(18-6-4-8-21(13-18)37(2)32)35-28(17)23-10-11-24(34-23)29-20(16-27(30)31)15-26(36-29)19-7-5-9-22(14-19)38(3)33;2-1-3/h4-15H,16H2,1-3H3,(H,30,31);. The van der Waals surface area contributed by atoms with E-state index in [0.29, 0.717) is 0 Å². The number of carboxylic acid groups (broad SMARTS) is 1. The zero-order valence-corrected chi connectivity index (χ0v) is 26.2. The van der Waals surface area contributed by atoms with Gasteiger partial charge in [-0.3, -0.25) is 13.2 Å². The highest BCUT2D eigenvalue weighted by Crippen LogP contribution is 2.46. The Bertz CT molecular complexity index is 1800. The topological polar surface area (TPSA) is 106 Å². The number of hydrogen-bond acceptors (Lipinski definition) is 8. The van der Waals surface area contributed by atoms with E-state index in [0.717, 1.165) is 50.9 Å². The smallest absolute Gasteiger partial charge is 0.373 e. The first-order valence-corrected chi connectivity index (χ1v) is 17.6. The molecule has 5 aromatic rings. The van der Waals surface area contributed by atoms with Gasteiger partial charge in [-0.2, -0.15) is 9.59 Å². The van der Waals surface area contributed by atoms with Gasteiger partial charge >= 0.3 is 12.1 Å². The Morgan fingerprint density at radius 2 is 1.22 bits per heavy atom. The maximum atomic E-state index is 12.0. The van der Waals surface area contributed by atoms with Crippen molar-refractivity contribution in [1.82, 2.24) is 0 Å². The lowest BCUT2D eigenvalue weighted by molar-refractivity contribution is -0.191. The Balaban J connectivity index is 0.00000124. The Kier molecular flexibility index (Phi) is 10.1. The second-order valence-electron chi connectivity index (χ2n) is 8.87. The lowest BCUT2D eigenvalue weighted by Gasteiger charge is -2.00. The maximum absolute atomic E-state index is 12.0. The highest BCUT2D eigenvalue weighted by atomic mass is 32.2. The molecule has 5 rings (SSSR count). The third-order valence-corrected chi connectivity index (χ3v) is 11.8. The minimum Gasteiger partial charge on any atom is -0.481 e. The van der Waals surface area contributed by atoms with Gasteiger partial charge in [0.15, 0.2) is 0 Å². The molecule has 2 unspecified atom stereocenters. The number of carbonyl (C=O) groups excluding carboxylic acids is 2. The zero-order valence-electron chi connectivity index (χ0n) is 22.2. The normalized spacial score (nSPS) is 12.2. The summed E-state index contributed by atoms with van der Waals surface area (Å²) in [6.07, 6.45) is 3.53. The van der Waals surface area contributed by atoms with E-state index in [1.807, 2.05) is 54.6 Å². The molecule has 210 valence electrons. The highest BCUT2D eigenvalue weighted by Gasteiger charge is 2.19. The third kappa shape index (κ3) is 7.32. The fourth-order valence-corrected chi connectivity index (χ4v) is 8.98. The number of benzene rings is 2. The molecule has 3 aromatic heterocycles. The van der Waals surface area contributed by atoms with Crippen LogP contribution in [0, 0.1) is 6.92 Å². The van der Waals surface area contributed by atoms with E-state index < -0.39 is 27.6 Å². The molecule has 41 heavy (non-hydrogen) atoms. The summed E-state index contributed by atoms with van der Waals surface area (Å²) < 4.78 is 24.0. The van der Waals surface area contributed by atoms with Crippen molar-refractivity contribution >= 4 is 67.7 Å². The number of hydrogen-bond donors (Lipinski definition) is 1. The monoisotopic (exact) mass is 640 g/mol. The van der Waals surface area contributed by atoms with E-state index in [1.165, 1.54) is 10.4 Å². The summed E-state index contributed by atoms with van der Waals surface area (Å²) in [5.41, 5.74) is 3.94. The fraction of sp³-hybridized carbons (Fsp3) is 0.133. The molecule has 0 amide bonds. The van der Waals surface area contributed by atoms with Crippen LogP contribution in [0.25, 0.3) is 40.4 Å². The van der Waals surface area contributed by atoms with Crippen molar-refractivity contribution in [2.45, 2.75) is 23.1 Å². The molecule has 2 atom stereocenters. The summed E-state index contributed by atoms with van der Waals surface area (Å²) in [6.45, 7) is 2.10. The second-order valence-corrected chi connectivity index (χ2v) is 14.8. The van der Waals surface area contributed by atoms with Crippen LogP contribution in [-0.2, 0) is 42.4 Å². The Labute approximate surface area is 254 Å². The molecule has 0 saturated carbocycles. The minimum atomic E-state index is -1.09. The predicted octanol–water partition coefficient (Wildman–Crippen LogP) is 7.37. The summed E-state index contributed by atoms with van der Waals surface area (Å²) in [5, 5.41) is 9.57. The summed E-state index contributed by atoms with van der Waals surface area (Å²) in [5.74, 6) is -0.871. The number of aryl methyl sites for hydroxylation is 1. The van der Waals surface area contributed by atoms with Crippen molar-refractivity contribution in [3.63, 3.8) is 0 Å². The van der Waals surface area contributed by atoms with Crippen LogP contribution < -0.4 is 0 Å². The minimum absolute atomic E-state index is 0.0597. The molecular weight excluding hydrogens is 617 g/mol. The van der Waals surface area contributed by atoms with E-state index in [-0.39, 0.29) is 12.6 Å². The molecule has 0 spiro atoms. The van der Waals surface area contributed by atoms with Crippen LogP contribution in [0.5, 0.6) is 0 Å². The van der Waals surface area contributed by atoms with Gasteiger partial charge in [-0.05, 0) is 77.7 Å². The van der Waals surface area contributed by atoms with Gasteiger partial charge in [0.05, 0.1) is 6.42 Å². The first-order chi connectivity index (χ1) is 19.6. The van der Waals surface area contributed by atoms with Crippen LogP contribution in [0.4, 0.5) is 0 Å². The molecule has 0 radical (unpaired) electrons. The van der Waals surface area contributed by atoms with Gasteiger partial charge in [0.1, 0.15) is 0 Å². The van der Waals surface area contributed by atoms with Crippen LogP contribution in [-0.4, -0.2) is 38.2 Å². The molecule has 1 N–H and O–H groups in total. The molecule has 0 aliphatic carbocycles. The largest absolute Gasteiger partial charge is 0.481 e. The summed E-state index contributed by atoms with van der Waals surface area (Å²) >= 11 is 4.94. The molecule has 0 fully saturated rings. The first-order valence-electron chi connectivity index (χ1n) is 12.0. The number of carbonyl (C=O) groups is 1. The molecule has 11 heteroatoms. The molecule has 3 heterocycles. The SMILES string of the molecule is Cc1cc(-c2cccc(S(C)=O)c2)sc1-c1ccc(-c2sc(-c3cccc(S(C)=O)c3)cc2CC(=O)O)s1.O=C=O. The average molecular weight is 641 g/mol. The van der Waals surface area contributed by atoms with Gasteiger partial charge in [0.2, 0.25) is 0 Å². The molecule has 6 nitrogen and oxygen atoms in total. The molecule has 2 aromatic carbocycles. The molecule has 0 bridgehead atoms. The zero-order chi connectivity index (χ0) is 29.7. The highest BCUT2D eigenvalue weighted by molar-refractivity contribution is 7.84. The predicted molar refractivity (Wildman–Crippen MR) is 168 cm³/mol. The lowest BCUT2D eigenvalue weighted by Crippen LogP contribution is -1.99. The number of thiophene rings is 3. The number of aliphatic carboxylic acids is 1. The van der Waals surface area contributed by atoms with E-state index in [9.17, 15) is 18.3 Å². The van der Waals surface area contributed by atoms with E-state index in [1.54, 1.807) is 46.5 Å². The Morgan fingerprint density at radius 3 is 1.73 bits per heavy atom. The quantitative estimate of drug-likeness (QED) is 0.190. The number of rotatable bonds is 8. The van der Waals surface area contributed by atoms with Gasteiger partial charge in [0, 0.05) is 73.2 Å². The van der Waals surface area contributed by atoms with Crippen LogP contribution in [0.15, 0.2) is 82.6 Å². The van der Waals surface area contributed by atoms with Gasteiger partial charge in [-0.1, -0.05) is 24.3 Å². The van der Waals surface area contributed by atoms with Crippen LogP contribution >= 0.6 is 34.0 Å². The van der Waals surface area contributed by atoms with E-state index >= 15 is 0 Å². The van der Waals surface area contributed by atoms with Crippen molar-refractivity contribution in [2.75, 3.05) is 12.5 Å². The average Bonchev–Trinajstić information content (AvgIpc) is 3.67. The Morgan fingerprint density at radius 1 is 0.732 bits per heavy atom. The molecular formula is C30H24O6S5. The Hall–Kier alpha value is -3.31. The van der Waals surface area contributed by atoms with Crippen LogP contribution in [0.1, 0.15) is 11.1 Å². The molecule has 0 aliphatic rings. The summed E-state index contributed by atoms with van der Waals surface area (Å²) in [4.78, 5) is 35.8. The van der Waals surface area contributed by atoms with E-state index in [2.05, 4.69) is 25.1 Å². The maximum Gasteiger partial charge on any atom is 0.373 e. The summed E-state index contributed by atoms with van der Waals surface area (Å²) in [7, 11) is -2.13. The van der Waals surface area contributed by atoms with Gasteiger partial charge in [-0.25, -0.2) is 0 Å². The van der Waals surface area contributed by atoms with Crippen LogP contribution in [0.3, 0.4) is 0 Å². The summed E-state index contributed by atoms with van der Waals surface area (Å²) in [6, 6.07) is 23.7. The van der Waals surface area contributed by atoms with Crippen molar-refractivity contribution in [3.05, 3.63) is 83.9 Å². The van der Waals surface area contributed by atoms with Crippen molar-refractivity contribution < 1.29 is 27.9 Å².